The van der Waals surface area contributed by atoms with Crippen LogP contribution in [0.1, 0.15) is 28.4 Å². The Balaban J connectivity index is 0.00000245. The van der Waals surface area contributed by atoms with E-state index < -0.39 is 5.97 Å². The number of benzene rings is 2. The molecule has 2 aromatic heterocycles. The molecule has 3 heterocycles. The van der Waals surface area contributed by atoms with Crippen LogP contribution in [0, 0.1) is 19.8 Å². The van der Waals surface area contributed by atoms with Gasteiger partial charge in [0.1, 0.15) is 23.1 Å². The van der Waals surface area contributed by atoms with Crippen LogP contribution in [-0.4, -0.2) is 30.3 Å². The molecule has 0 radical (unpaired) electrons. The third-order valence-electron chi connectivity index (χ3n) is 6.06. The minimum Gasteiger partial charge on any atom is -0.545 e. The second-order valence-electron chi connectivity index (χ2n) is 8.12. The molecule has 0 bridgehead atoms. The van der Waals surface area contributed by atoms with Gasteiger partial charge in [0.15, 0.2) is 5.76 Å². The molecule has 5 rings (SSSR count). The minimum atomic E-state index is -1.28. The number of ether oxygens (including phenoxy) is 2. The number of aromatic nitrogens is 1. The van der Waals surface area contributed by atoms with Gasteiger partial charge >= 0.3 is 29.6 Å². The molecule has 0 amide bonds. The quantitative estimate of drug-likeness (QED) is 0.432. The Kier molecular flexibility index (Phi) is 6.32. The van der Waals surface area contributed by atoms with E-state index in [0.717, 1.165) is 22.1 Å². The van der Waals surface area contributed by atoms with Gasteiger partial charge in [-0.05, 0) is 44.5 Å². The summed E-state index contributed by atoms with van der Waals surface area (Å²) in [5, 5.41) is 13.6. The second kappa shape index (κ2) is 8.87. The second-order valence-corrected chi connectivity index (χ2v) is 8.12. The third kappa shape index (κ3) is 3.82. The molecule has 0 unspecified atom stereocenters. The maximum atomic E-state index is 12.2. The summed E-state index contributed by atoms with van der Waals surface area (Å²) in [6.07, 6.45) is -0.105. The zero-order chi connectivity index (χ0) is 21.7. The van der Waals surface area contributed by atoms with E-state index in [0.29, 0.717) is 41.3 Å². The van der Waals surface area contributed by atoms with E-state index in [2.05, 4.69) is 0 Å². The number of carbonyl (C=O) groups excluding carboxylic acids is 1. The first-order valence-electron chi connectivity index (χ1n) is 10.3. The van der Waals surface area contributed by atoms with Crippen molar-refractivity contribution >= 4 is 27.8 Å². The average molecular weight is 439 g/mol. The zero-order valence-electron chi connectivity index (χ0n) is 18.6. The van der Waals surface area contributed by atoms with E-state index in [-0.39, 0.29) is 47.1 Å². The number of nitrogens with zero attached hydrogens (tertiary/aromatic N) is 1. The third-order valence-corrected chi connectivity index (χ3v) is 6.06. The van der Waals surface area contributed by atoms with Gasteiger partial charge in [-0.25, -0.2) is 4.98 Å². The van der Waals surface area contributed by atoms with Crippen LogP contribution in [0.15, 0.2) is 46.9 Å². The van der Waals surface area contributed by atoms with E-state index in [9.17, 15) is 9.90 Å². The molecule has 6 nitrogen and oxygen atoms in total. The van der Waals surface area contributed by atoms with E-state index in [1.165, 1.54) is 6.07 Å². The molecule has 32 heavy (non-hydrogen) atoms. The normalized spacial score (nSPS) is 14.7. The predicted octanol–water partition coefficient (Wildman–Crippen LogP) is 1.05. The van der Waals surface area contributed by atoms with E-state index in [1.54, 1.807) is 6.07 Å². The van der Waals surface area contributed by atoms with Crippen LogP contribution in [0.4, 0.5) is 0 Å². The van der Waals surface area contributed by atoms with Crippen molar-refractivity contribution in [2.45, 2.75) is 26.9 Å². The van der Waals surface area contributed by atoms with Crippen LogP contribution in [0.5, 0.6) is 5.75 Å². The number of pyridine rings is 1. The van der Waals surface area contributed by atoms with Crippen LogP contribution in [0.3, 0.4) is 0 Å². The predicted molar refractivity (Wildman–Crippen MR) is 115 cm³/mol. The van der Waals surface area contributed by atoms with E-state index in [1.807, 2.05) is 51.1 Å². The standard InChI is InChI=1S/C25H23NO5.Na/c1-13-8-9-21(30-15(3)16-11-29-12-16)22-18(25(27)28)10-19(26-23(13)22)24-14(2)17-6-4-5-7-20(17)31-24;/h4-10,15-16H,11-12H2,1-3H3,(H,27,28);/q;+1/p-1/t15-;/m1./s1. The molecule has 4 aromatic rings. The topological polar surface area (TPSA) is 84.6 Å². The van der Waals surface area contributed by atoms with Crippen molar-refractivity contribution in [3.8, 4) is 17.2 Å². The average Bonchev–Trinajstić information content (AvgIpc) is 3.05. The molecule has 0 saturated carbocycles. The summed E-state index contributed by atoms with van der Waals surface area (Å²) in [5.41, 5.74) is 3.55. The zero-order valence-corrected chi connectivity index (χ0v) is 20.6. The molecule has 1 aliphatic heterocycles. The number of furan rings is 1. The van der Waals surface area contributed by atoms with Crippen molar-refractivity contribution in [2.75, 3.05) is 13.2 Å². The van der Waals surface area contributed by atoms with E-state index in [4.69, 9.17) is 18.9 Å². The Bertz CT molecular complexity index is 1330. The monoisotopic (exact) mass is 439 g/mol. The molecule has 158 valence electrons. The summed E-state index contributed by atoms with van der Waals surface area (Å²) >= 11 is 0. The molecule has 1 saturated heterocycles. The van der Waals surface area contributed by atoms with Gasteiger partial charge in [-0.1, -0.05) is 24.3 Å². The number of carboxylic acid groups (broad SMARTS) is 1. The Labute approximate surface area is 207 Å². The summed E-state index contributed by atoms with van der Waals surface area (Å²) in [4.78, 5) is 17.0. The molecule has 1 aliphatic rings. The summed E-state index contributed by atoms with van der Waals surface area (Å²) < 4.78 is 17.5. The SMILES string of the molecule is Cc1c(-c2cc(C(=O)[O-])c3c(O[C@H](C)C4COC4)ccc(C)c3n2)oc2ccccc12.[Na+]. The van der Waals surface area contributed by atoms with Crippen molar-refractivity contribution in [3.05, 3.63) is 59.2 Å². The van der Waals surface area contributed by atoms with Crippen LogP contribution < -0.4 is 39.4 Å². The molecular formula is C25H22NNaO5. The van der Waals surface area contributed by atoms with Gasteiger partial charge in [-0.15, -0.1) is 0 Å². The van der Waals surface area contributed by atoms with Gasteiger partial charge in [0, 0.05) is 22.4 Å². The van der Waals surface area contributed by atoms with Crippen molar-refractivity contribution < 1.29 is 53.3 Å². The van der Waals surface area contributed by atoms with Crippen LogP contribution in [0.25, 0.3) is 33.3 Å². The molecule has 1 atom stereocenters. The number of aryl methyl sites for hydroxylation is 2. The summed E-state index contributed by atoms with van der Waals surface area (Å²) in [6.45, 7) is 7.10. The number of hydrogen-bond donors (Lipinski definition) is 0. The van der Waals surface area contributed by atoms with Crippen LogP contribution in [-0.2, 0) is 4.74 Å². The maximum Gasteiger partial charge on any atom is 1.00 e. The first kappa shape index (κ1) is 22.8. The Morgan fingerprint density at radius 3 is 2.59 bits per heavy atom. The smallest absolute Gasteiger partial charge is 0.545 e. The fraction of sp³-hybridized carbons (Fsp3) is 0.280. The summed E-state index contributed by atoms with van der Waals surface area (Å²) in [6, 6.07) is 12.9. The van der Waals surface area contributed by atoms with Gasteiger partial charge in [0.05, 0.1) is 30.1 Å². The van der Waals surface area contributed by atoms with Gasteiger partial charge in [-0.3, -0.25) is 0 Å². The van der Waals surface area contributed by atoms with Gasteiger partial charge in [-0.2, -0.15) is 0 Å². The molecule has 0 N–H and O–H groups in total. The number of hydrogen-bond acceptors (Lipinski definition) is 6. The first-order valence-corrected chi connectivity index (χ1v) is 10.3. The summed E-state index contributed by atoms with van der Waals surface area (Å²) in [7, 11) is 0. The Hall–Kier alpha value is -2.38. The van der Waals surface area contributed by atoms with Crippen molar-refractivity contribution in [1.82, 2.24) is 4.98 Å². The number of aromatic carboxylic acids is 1. The molecule has 7 heteroatoms. The largest absolute Gasteiger partial charge is 1.00 e. The minimum absolute atomic E-state index is 0. The number of fused-ring (bicyclic) bond motifs is 2. The van der Waals surface area contributed by atoms with Gasteiger partial charge in [0.25, 0.3) is 0 Å². The molecular weight excluding hydrogens is 417 g/mol. The fourth-order valence-corrected chi connectivity index (χ4v) is 4.06. The molecule has 0 aliphatic carbocycles. The van der Waals surface area contributed by atoms with Crippen molar-refractivity contribution in [2.24, 2.45) is 5.92 Å². The first-order chi connectivity index (χ1) is 14.9. The van der Waals surface area contributed by atoms with Crippen LogP contribution >= 0.6 is 0 Å². The molecule has 1 fully saturated rings. The number of para-hydroxylation sites is 1. The Morgan fingerprint density at radius 2 is 1.94 bits per heavy atom. The van der Waals surface area contributed by atoms with Gasteiger partial charge in [0.2, 0.25) is 0 Å². The van der Waals surface area contributed by atoms with Crippen molar-refractivity contribution in [3.63, 3.8) is 0 Å². The van der Waals surface area contributed by atoms with Crippen molar-refractivity contribution in [1.29, 1.82) is 0 Å². The number of rotatable bonds is 5. The summed E-state index contributed by atoms with van der Waals surface area (Å²) in [5.74, 6) is 0.0431. The molecule has 2 aromatic carbocycles. The molecule has 0 spiro atoms. The van der Waals surface area contributed by atoms with E-state index >= 15 is 0 Å². The Morgan fingerprint density at radius 1 is 1.19 bits per heavy atom. The van der Waals surface area contributed by atoms with Gasteiger partial charge < -0.3 is 23.8 Å². The van der Waals surface area contributed by atoms with Crippen LogP contribution in [0.2, 0.25) is 0 Å². The number of carbonyl (C=O) groups is 1. The maximum absolute atomic E-state index is 12.2. The number of carboxylic acids is 1. The fourth-order valence-electron chi connectivity index (χ4n) is 4.06.